The van der Waals surface area contributed by atoms with Crippen LogP contribution in [0.5, 0.6) is 0 Å². The topological polar surface area (TPSA) is 80.3 Å². The van der Waals surface area contributed by atoms with E-state index in [9.17, 15) is 9.59 Å². The first kappa shape index (κ1) is 18.9. The van der Waals surface area contributed by atoms with Crippen LogP contribution < -0.4 is 10.6 Å². The van der Waals surface area contributed by atoms with E-state index in [2.05, 4.69) is 22.5 Å². The van der Waals surface area contributed by atoms with Crippen molar-refractivity contribution in [2.45, 2.75) is 39.5 Å². The minimum atomic E-state index is -0.545. The number of thiazole rings is 1. The molecule has 1 aromatic heterocycles. The lowest BCUT2D eigenvalue weighted by molar-refractivity contribution is -0.115. The predicted octanol–water partition coefficient (Wildman–Crippen LogP) is 4.24. The lowest BCUT2D eigenvalue weighted by Crippen LogP contribution is -2.15. The molecule has 6 nitrogen and oxygen atoms in total. The zero-order valence-electron chi connectivity index (χ0n) is 14.5. The molecule has 7 heteroatoms. The molecule has 0 bridgehead atoms. The summed E-state index contributed by atoms with van der Waals surface area (Å²) in [7, 11) is 0. The monoisotopic (exact) mass is 361 g/mol. The van der Waals surface area contributed by atoms with Gasteiger partial charge in [-0.3, -0.25) is 10.1 Å². The number of nitrogens with zero attached hydrogens (tertiary/aromatic N) is 1. The Morgan fingerprint density at radius 1 is 1.16 bits per heavy atom. The van der Waals surface area contributed by atoms with E-state index in [4.69, 9.17) is 4.74 Å². The number of nitrogens with one attached hydrogen (secondary N) is 2. The summed E-state index contributed by atoms with van der Waals surface area (Å²) in [5.41, 5.74) is 2.65. The number of anilines is 2. The number of carbonyl (C=O) groups is 2. The van der Waals surface area contributed by atoms with Gasteiger partial charge in [0.2, 0.25) is 5.91 Å². The Labute approximate surface area is 151 Å². The number of hydrogen-bond acceptors (Lipinski definition) is 5. The fourth-order valence-electron chi connectivity index (χ4n) is 2.21. The Morgan fingerprint density at radius 2 is 1.92 bits per heavy atom. The number of ether oxygens (including phenoxy) is 1. The molecule has 0 aliphatic rings. The summed E-state index contributed by atoms with van der Waals surface area (Å²) < 4.78 is 4.79. The van der Waals surface area contributed by atoms with Gasteiger partial charge in [0.1, 0.15) is 0 Å². The number of benzene rings is 1. The van der Waals surface area contributed by atoms with Crippen molar-refractivity contribution in [1.29, 1.82) is 0 Å². The summed E-state index contributed by atoms with van der Waals surface area (Å²) in [5, 5.41) is 7.54. The first-order valence-electron chi connectivity index (χ1n) is 8.37. The van der Waals surface area contributed by atoms with Crippen LogP contribution in [0.25, 0.3) is 0 Å². The molecule has 2 amide bonds. The maximum Gasteiger partial charge on any atom is 0.413 e. The van der Waals surface area contributed by atoms with Crippen LogP contribution in [0.4, 0.5) is 15.6 Å². The minimum absolute atomic E-state index is 0.144. The van der Waals surface area contributed by atoms with Crippen LogP contribution in [0.3, 0.4) is 0 Å². The highest BCUT2D eigenvalue weighted by molar-refractivity contribution is 7.13. The Balaban J connectivity index is 1.83. The van der Waals surface area contributed by atoms with Gasteiger partial charge in [0, 0.05) is 11.1 Å². The molecule has 0 atom stereocenters. The Hall–Kier alpha value is -2.41. The van der Waals surface area contributed by atoms with E-state index >= 15 is 0 Å². The molecule has 2 N–H and O–H groups in total. The molecule has 2 aromatic rings. The molecule has 2 rings (SSSR count). The van der Waals surface area contributed by atoms with Crippen LogP contribution in [-0.4, -0.2) is 23.6 Å². The standard InChI is InChI=1S/C18H23N3O3S/c1-3-5-6-13-7-9-14(10-8-13)19-16(22)11-15-12-25-17(20-15)21-18(23)24-4-2/h7-10,12H,3-6,11H2,1-2H3,(H,19,22)(H,20,21,23). The van der Waals surface area contributed by atoms with Gasteiger partial charge in [0.25, 0.3) is 0 Å². The first-order valence-corrected chi connectivity index (χ1v) is 9.25. The average Bonchev–Trinajstić information content (AvgIpc) is 3.01. The second-order valence-electron chi connectivity index (χ2n) is 5.51. The fraction of sp³-hybridized carbons (Fsp3) is 0.389. The summed E-state index contributed by atoms with van der Waals surface area (Å²) in [4.78, 5) is 27.7. The van der Waals surface area contributed by atoms with Crippen molar-refractivity contribution < 1.29 is 14.3 Å². The maximum atomic E-state index is 12.1. The van der Waals surface area contributed by atoms with Crippen molar-refractivity contribution in [1.82, 2.24) is 4.98 Å². The van der Waals surface area contributed by atoms with Gasteiger partial charge < -0.3 is 10.1 Å². The number of unbranched alkanes of at least 4 members (excludes halogenated alkanes) is 1. The molecule has 0 saturated carbocycles. The van der Waals surface area contributed by atoms with Crippen molar-refractivity contribution in [2.24, 2.45) is 0 Å². The normalized spacial score (nSPS) is 10.3. The van der Waals surface area contributed by atoms with Gasteiger partial charge in [-0.15, -0.1) is 11.3 Å². The molecule has 0 saturated heterocycles. The van der Waals surface area contributed by atoms with Crippen molar-refractivity contribution in [3.63, 3.8) is 0 Å². The lowest BCUT2D eigenvalue weighted by Gasteiger charge is -2.06. The Morgan fingerprint density at radius 3 is 2.60 bits per heavy atom. The van der Waals surface area contributed by atoms with Crippen molar-refractivity contribution in [3.8, 4) is 0 Å². The number of amides is 2. The smallest absolute Gasteiger partial charge is 0.413 e. The van der Waals surface area contributed by atoms with E-state index in [1.54, 1.807) is 12.3 Å². The van der Waals surface area contributed by atoms with Gasteiger partial charge in [-0.1, -0.05) is 25.5 Å². The molecule has 0 aliphatic heterocycles. The van der Waals surface area contributed by atoms with E-state index < -0.39 is 6.09 Å². The summed E-state index contributed by atoms with van der Waals surface area (Å²) in [6.45, 7) is 4.19. The third-order valence-corrected chi connectivity index (χ3v) is 4.24. The molecule has 1 aromatic carbocycles. The molecular weight excluding hydrogens is 338 g/mol. The second-order valence-corrected chi connectivity index (χ2v) is 6.37. The van der Waals surface area contributed by atoms with Gasteiger partial charge in [-0.2, -0.15) is 0 Å². The van der Waals surface area contributed by atoms with Crippen molar-refractivity contribution in [3.05, 3.63) is 40.9 Å². The number of aromatic nitrogens is 1. The predicted molar refractivity (Wildman–Crippen MR) is 100 cm³/mol. The van der Waals surface area contributed by atoms with Crippen LogP contribution in [-0.2, 0) is 22.4 Å². The minimum Gasteiger partial charge on any atom is -0.450 e. The van der Waals surface area contributed by atoms with E-state index in [-0.39, 0.29) is 12.3 Å². The van der Waals surface area contributed by atoms with Gasteiger partial charge in [-0.25, -0.2) is 9.78 Å². The first-order chi connectivity index (χ1) is 12.1. The van der Waals surface area contributed by atoms with Crippen LogP contribution >= 0.6 is 11.3 Å². The third kappa shape index (κ3) is 6.54. The third-order valence-electron chi connectivity index (χ3n) is 3.43. The molecule has 0 radical (unpaired) electrons. The molecule has 0 unspecified atom stereocenters. The van der Waals surface area contributed by atoms with E-state index in [1.165, 1.54) is 23.3 Å². The zero-order valence-corrected chi connectivity index (χ0v) is 15.3. The molecule has 25 heavy (non-hydrogen) atoms. The summed E-state index contributed by atoms with van der Waals surface area (Å²) in [5.74, 6) is -0.144. The Kier molecular flexibility index (Phi) is 7.40. The maximum absolute atomic E-state index is 12.1. The van der Waals surface area contributed by atoms with Gasteiger partial charge >= 0.3 is 6.09 Å². The van der Waals surface area contributed by atoms with Crippen molar-refractivity contribution >= 4 is 34.2 Å². The molecular formula is C18H23N3O3S. The fourth-order valence-corrected chi connectivity index (χ4v) is 2.90. The lowest BCUT2D eigenvalue weighted by atomic mass is 10.1. The number of aryl methyl sites for hydroxylation is 1. The molecule has 1 heterocycles. The Bertz CT molecular complexity index is 698. The highest BCUT2D eigenvalue weighted by atomic mass is 32.1. The van der Waals surface area contributed by atoms with Gasteiger partial charge in [0.15, 0.2) is 5.13 Å². The van der Waals surface area contributed by atoms with Crippen LogP contribution in [0.2, 0.25) is 0 Å². The van der Waals surface area contributed by atoms with E-state index in [0.717, 1.165) is 18.5 Å². The number of carbonyl (C=O) groups excluding carboxylic acids is 2. The van der Waals surface area contributed by atoms with Crippen molar-refractivity contribution in [2.75, 3.05) is 17.2 Å². The summed E-state index contributed by atoms with van der Waals surface area (Å²) in [6.07, 6.45) is 2.99. The van der Waals surface area contributed by atoms with Gasteiger partial charge in [-0.05, 0) is 37.5 Å². The van der Waals surface area contributed by atoms with Crippen LogP contribution in [0, 0.1) is 0 Å². The van der Waals surface area contributed by atoms with E-state index in [1.807, 2.05) is 24.3 Å². The van der Waals surface area contributed by atoms with Crippen LogP contribution in [0.15, 0.2) is 29.6 Å². The average molecular weight is 361 g/mol. The van der Waals surface area contributed by atoms with E-state index in [0.29, 0.717) is 17.4 Å². The molecule has 0 aliphatic carbocycles. The zero-order chi connectivity index (χ0) is 18.1. The number of hydrogen-bond donors (Lipinski definition) is 2. The summed E-state index contributed by atoms with van der Waals surface area (Å²) in [6, 6.07) is 7.90. The quantitative estimate of drug-likeness (QED) is 0.737. The highest BCUT2D eigenvalue weighted by Gasteiger charge is 2.10. The molecule has 0 spiro atoms. The SMILES string of the molecule is CCCCc1ccc(NC(=O)Cc2csc(NC(=O)OCC)n2)cc1. The molecule has 134 valence electrons. The highest BCUT2D eigenvalue weighted by Crippen LogP contribution is 2.17. The molecule has 0 fully saturated rings. The second kappa shape index (κ2) is 9.78. The largest absolute Gasteiger partial charge is 0.450 e. The number of rotatable bonds is 8. The summed E-state index contributed by atoms with van der Waals surface area (Å²) >= 11 is 1.26. The van der Waals surface area contributed by atoms with Gasteiger partial charge in [0.05, 0.1) is 18.7 Å². The van der Waals surface area contributed by atoms with Crippen LogP contribution in [0.1, 0.15) is 37.9 Å².